The molecule has 0 aliphatic carbocycles. The second kappa shape index (κ2) is 3.88. The zero-order chi connectivity index (χ0) is 8.27. The Labute approximate surface area is 79.2 Å². The summed E-state index contributed by atoms with van der Waals surface area (Å²) in [6.45, 7) is 1.96. The Kier molecular flexibility index (Phi) is 3.09. The van der Waals surface area contributed by atoms with Crippen molar-refractivity contribution in [1.29, 1.82) is 0 Å². The molecule has 3 heteroatoms. The van der Waals surface area contributed by atoms with E-state index in [9.17, 15) is 0 Å². The molecule has 1 aromatic rings. The first-order valence-corrected chi connectivity index (χ1v) is 4.35. The number of allylic oxidation sites excluding steroid dienone is 1. The highest BCUT2D eigenvalue weighted by molar-refractivity contribution is 9.10. The summed E-state index contributed by atoms with van der Waals surface area (Å²) >= 11 is 8.96. The third kappa shape index (κ3) is 2.64. The van der Waals surface area contributed by atoms with E-state index >= 15 is 0 Å². The molecule has 0 saturated carbocycles. The lowest BCUT2D eigenvalue weighted by Crippen LogP contribution is -1.79. The van der Waals surface area contributed by atoms with Gasteiger partial charge in [0, 0.05) is 0 Å². The Bertz CT molecular complexity index is 263. The van der Waals surface area contributed by atoms with Crippen LogP contribution in [0.3, 0.4) is 0 Å². The van der Waals surface area contributed by atoms with E-state index in [1.54, 1.807) is 0 Å². The van der Waals surface area contributed by atoms with E-state index in [4.69, 9.17) is 11.6 Å². The largest absolute Gasteiger partial charge is 0.229 e. The molecule has 1 rings (SSSR count). The highest BCUT2D eigenvalue weighted by atomic mass is 79.9. The van der Waals surface area contributed by atoms with Gasteiger partial charge < -0.3 is 0 Å². The Morgan fingerprint density at radius 2 is 2.27 bits per heavy atom. The quantitative estimate of drug-likeness (QED) is 0.675. The summed E-state index contributed by atoms with van der Waals surface area (Å²) in [6, 6.07) is 3.72. The zero-order valence-corrected chi connectivity index (χ0v) is 8.35. The minimum absolute atomic E-state index is 0.507. The standard InChI is InChI=1S/C8H7BrClN/c1-2-3-6-4-7(9)11-8(10)5-6/h2-5H,1H3/b3-2-. The number of nitrogens with zero attached hydrogens (tertiary/aromatic N) is 1. The third-order valence-electron chi connectivity index (χ3n) is 1.14. The van der Waals surface area contributed by atoms with Crippen LogP contribution in [0.2, 0.25) is 5.15 Å². The molecule has 0 radical (unpaired) electrons. The van der Waals surface area contributed by atoms with Crippen molar-refractivity contribution in [3.05, 3.63) is 33.5 Å². The molecule has 1 aromatic heterocycles. The Morgan fingerprint density at radius 1 is 1.55 bits per heavy atom. The fourth-order valence-corrected chi connectivity index (χ4v) is 1.55. The van der Waals surface area contributed by atoms with E-state index in [0.717, 1.165) is 10.2 Å². The average Bonchev–Trinajstić information content (AvgIpc) is 1.85. The SMILES string of the molecule is C/C=C\c1cc(Cl)nc(Br)c1. The van der Waals surface area contributed by atoms with Crippen LogP contribution in [0.5, 0.6) is 0 Å². The van der Waals surface area contributed by atoms with Gasteiger partial charge in [-0.25, -0.2) is 4.98 Å². The summed E-state index contributed by atoms with van der Waals surface area (Å²) in [5, 5.41) is 0.507. The molecular weight excluding hydrogens is 225 g/mol. The number of aromatic nitrogens is 1. The van der Waals surface area contributed by atoms with Crippen LogP contribution in [-0.2, 0) is 0 Å². The van der Waals surface area contributed by atoms with Crippen LogP contribution < -0.4 is 0 Å². The summed E-state index contributed by atoms with van der Waals surface area (Å²) in [7, 11) is 0. The van der Waals surface area contributed by atoms with Crippen molar-refractivity contribution in [2.24, 2.45) is 0 Å². The Balaban J connectivity index is 3.08. The summed E-state index contributed by atoms with van der Waals surface area (Å²) in [6.07, 6.45) is 3.93. The van der Waals surface area contributed by atoms with E-state index in [1.165, 1.54) is 0 Å². The van der Waals surface area contributed by atoms with Crippen LogP contribution in [0.15, 0.2) is 22.8 Å². The van der Waals surface area contributed by atoms with Crippen LogP contribution in [0.1, 0.15) is 12.5 Å². The molecule has 0 atom stereocenters. The third-order valence-corrected chi connectivity index (χ3v) is 1.74. The predicted octanol–water partition coefficient (Wildman–Crippen LogP) is 3.53. The maximum absolute atomic E-state index is 5.71. The molecule has 0 aliphatic heterocycles. The molecule has 11 heavy (non-hydrogen) atoms. The number of hydrogen-bond acceptors (Lipinski definition) is 1. The number of halogens is 2. The van der Waals surface area contributed by atoms with Crippen molar-refractivity contribution < 1.29 is 0 Å². The minimum atomic E-state index is 0.507. The van der Waals surface area contributed by atoms with Gasteiger partial charge >= 0.3 is 0 Å². The lowest BCUT2D eigenvalue weighted by molar-refractivity contribution is 1.27. The first-order valence-electron chi connectivity index (χ1n) is 3.18. The van der Waals surface area contributed by atoms with Gasteiger partial charge in [0.15, 0.2) is 0 Å². The molecule has 0 N–H and O–H groups in total. The van der Waals surface area contributed by atoms with Crippen LogP contribution in [-0.4, -0.2) is 4.98 Å². The normalized spacial score (nSPS) is 10.8. The van der Waals surface area contributed by atoms with Crippen molar-refractivity contribution in [2.75, 3.05) is 0 Å². The maximum Gasteiger partial charge on any atom is 0.130 e. The zero-order valence-electron chi connectivity index (χ0n) is 6.01. The van der Waals surface area contributed by atoms with Gasteiger partial charge in [-0.3, -0.25) is 0 Å². The van der Waals surface area contributed by atoms with Crippen molar-refractivity contribution >= 4 is 33.6 Å². The first-order chi connectivity index (χ1) is 5.22. The number of rotatable bonds is 1. The summed E-state index contributed by atoms with van der Waals surface area (Å²) in [5.74, 6) is 0. The smallest absolute Gasteiger partial charge is 0.130 e. The molecule has 0 aliphatic rings. The lowest BCUT2D eigenvalue weighted by Gasteiger charge is -1.95. The van der Waals surface area contributed by atoms with Crippen LogP contribution in [0.25, 0.3) is 6.08 Å². The summed E-state index contributed by atoms with van der Waals surface area (Å²) in [4.78, 5) is 3.96. The van der Waals surface area contributed by atoms with Gasteiger partial charge in [0.1, 0.15) is 9.76 Å². The summed E-state index contributed by atoms with van der Waals surface area (Å²) in [5.41, 5.74) is 1.05. The molecule has 1 heterocycles. The monoisotopic (exact) mass is 231 g/mol. The molecule has 0 spiro atoms. The second-order valence-corrected chi connectivity index (χ2v) is 3.25. The van der Waals surface area contributed by atoms with Crippen LogP contribution >= 0.6 is 27.5 Å². The average molecular weight is 233 g/mol. The Morgan fingerprint density at radius 3 is 2.82 bits per heavy atom. The topological polar surface area (TPSA) is 12.9 Å². The van der Waals surface area contributed by atoms with Gasteiger partial charge in [-0.1, -0.05) is 23.8 Å². The van der Waals surface area contributed by atoms with E-state index in [2.05, 4.69) is 20.9 Å². The van der Waals surface area contributed by atoms with Crippen molar-refractivity contribution in [2.45, 2.75) is 6.92 Å². The highest BCUT2D eigenvalue weighted by Crippen LogP contribution is 2.15. The van der Waals surface area contributed by atoms with Crippen LogP contribution in [0, 0.1) is 0 Å². The fourth-order valence-electron chi connectivity index (χ4n) is 0.772. The molecular formula is C8H7BrClN. The maximum atomic E-state index is 5.71. The predicted molar refractivity (Wildman–Crippen MR) is 51.7 cm³/mol. The van der Waals surface area contributed by atoms with Gasteiger partial charge in [0.05, 0.1) is 0 Å². The molecule has 0 unspecified atom stereocenters. The molecule has 0 amide bonds. The van der Waals surface area contributed by atoms with Gasteiger partial charge in [-0.05, 0) is 40.5 Å². The molecule has 0 fully saturated rings. The van der Waals surface area contributed by atoms with E-state index < -0.39 is 0 Å². The second-order valence-electron chi connectivity index (χ2n) is 2.05. The first kappa shape index (κ1) is 8.75. The number of pyridine rings is 1. The van der Waals surface area contributed by atoms with E-state index in [-0.39, 0.29) is 0 Å². The molecule has 1 nitrogen and oxygen atoms in total. The number of hydrogen-bond donors (Lipinski definition) is 0. The summed E-state index contributed by atoms with van der Waals surface area (Å²) < 4.78 is 0.762. The highest BCUT2D eigenvalue weighted by Gasteiger charge is 1.94. The molecule has 0 saturated heterocycles. The molecule has 0 bridgehead atoms. The van der Waals surface area contributed by atoms with E-state index in [0.29, 0.717) is 5.15 Å². The lowest BCUT2D eigenvalue weighted by atomic mass is 10.2. The Hall–Kier alpha value is -0.340. The van der Waals surface area contributed by atoms with Crippen LogP contribution in [0.4, 0.5) is 0 Å². The van der Waals surface area contributed by atoms with Gasteiger partial charge in [0.25, 0.3) is 0 Å². The van der Waals surface area contributed by atoms with Gasteiger partial charge in [0.2, 0.25) is 0 Å². The fraction of sp³-hybridized carbons (Fsp3) is 0.125. The van der Waals surface area contributed by atoms with Gasteiger partial charge in [-0.2, -0.15) is 0 Å². The van der Waals surface area contributed by atoms with E-state index in [1.807, 2.05) is 31.2 Å². The molecule has 0 aromatic carbocycles. The molecule has 58 valence electrons. The minimum Gasteiger partial charge on any atom is -0.229 e. The van der Waals surface area contributed by atoms with Crippen molar-refractivity contribution in [1.82, 2.24) is 4.98 Å². The van der Waals surface area contributed by atoms with Crippen molar-refractivity contribution in [3.8, 4) is 0 Å². The van der Waals surface area contributed by atoms with Gasteiger partial charge in [-0.15, -0.1) is 0 Å². The van der Waals surface area contributed by atoms with Crippen molar-refractivity contribution in [3.63, 3.8) is 0 Å².